The molecule has 0 unspecified atom stereocenters. The Hall–Kier alpha value is -2.09. The Bertz CT molecular complexity index is 707. The predicted molar refractivity (Wildman–Crippen MR) is 85.2 cm³/mol. The molecule has 0 saturated heterocycles. The van der Waals surface area contributed by atoms with Crippen LogP contribution in [-0.4, -0.2) is 25.9 Å². The van der Waals surface area contributed by atoms with Gasteiger partial charge in [0.05, 0.1) is 0 Å². The van der Waals surface area contributed by atoms with Crippen molar-refractivity contribution in [1.29, 1.82) is 0 Å². The average molecular weight is 321 g/mol. The molecule has 8 heteroatoms. The van der Waals surface area contributed by atoms with Crippen molar-refractivity contribution >= 4 is 22.4 Å². The van der Waals surface area contributed by atoms with E-state index in [9.17, 15) is 9.59 Å². The third kappa shape index (κ3) is 4.20. The minimum atomic E-state index is -0.392. The number of hydrogen-bond acceptors (Lipinski definition) is 6. The van der Waals surface area contributed by atoms with E-state index in [0.29, 0.717) is 17.6 Å². The molecule has 0 aliphatic heterocycles. The van der Waals surface area contributed by atoms with E-state index in [1.807, 2.05) is 6.92 Å². The number of hydrogen-bond donors (Lipinski definition) is 1. The summed E-state index contributed by atoms with van der Waals surface area (Å²) >= 11 is 1.35. The highest BCUT2D eigenvalue weighted by Crippen LogP contribution is 2.18. The molecular formula is C14H19N5O2S. The molecule has 0 aliphatic rings. The lowest BCUT2D eigenvalue weighted by Crippen LogP contribution is -2.26. The van der Waals surface area contributed by atoms with Crippen molar-refractivity contribution in [3.8, 4) is 0 Å². The van der Waals surface area contributed by atoms with Gasteiger partial charge in [-0.3, -0.25) is 14.9 Å². The van der Waals surface area contributed by atoms with E-state index >= 15 is 0 Å². The van der Waals surface area contributed by atoms with Crippen LogP contribution in [0.2, 0.25) is 0 Å². The minimum Gasteiger partial charge on any atom is -0.295 e. The number of carbonyl (C=O) groups excluding carboxylic acids is 1. The molecule has 118 valence electrons. The molecule has 0 fully saturated rings. The molecule has 1 amide bonds. The highest BCUT2D eigenvalue weighted by molar-refractivity contribution is 7.15. The quantitative estimate of drug-likeness (QED) is 0.878. The maximum absolute atomic E-state index is 12.2. The number of anilines is 1. The summed E-state index contributed by atoms with van der Waals surface area (Å²) in [6, 6.07) is 2.77. The molecule has 7 nitrogen and oxygen atoms in total. The molecule has 22 heavy (non-hydrogen) atoms. The second kappa shape index (κ2) is 7.26. The summed E-state index contributed by atoms with van der Waals surface area (Å²) in [6.07, 6.45) is 1.60. The summed E-state index contributed by atoms with van der Waals surface area (Å²) in [4.78, 5) is 23.8. The first-order valence-electron chi connectivity index (χ1n) is 7.21. The molecule has 0 spiro atoms. The fourth-order valence-corrected chi connectivity index (χ4v) is 2.79. The Kier molecular flexibility index (Phi) is 5.37. The third-order valence-corrected chi connectivity index (χ3v) is 3.67. The lowest BCUT2D eigenvalue weighted by Gasteiger charge is -2.05. The van der Waals surface area contributed by atoms with Gasteiger partial charge >= 0.3 is 0 Å². The van der Waals surface area contributed by atoms with Crippen LogP contribution in [0, 0.1) is 5.92 Å². The van der Waals surface area contributed by atoms with E-state index in [1.54, 1.807) is 0 Å². The number of aryl methyl sites for hydroxylation is 1. The number of rotatable bonds is 6. The number of amides is 1. The zero-order valence-corrected chi connectivity index (χ0v) is 13.7. The molecule has 2 aromatic heterocycles. The van der Waals surface area contributed by atoms with Crippen molar-refractivity contribution in [2.75, 3.05) is 5.32 Å². The monoisotopic (exact) mass is 321 g/mol. The summed E-state index contributed by atoms with van der Waals surface area (Å²) in [7, 11) is 0. The lowest BCUT2D eigenvalue weighted by molar-refractivity contribution is 0.101. The first-order valence-corrected chi connectivity index (χ1v) is 8.03. The molecule has 0 radical (unpaired) electrons. The Morgan fingerprint density at radius 2 is 2.14 bits per heavy atom. The number of carbonyl (C=O) groups is 1. The van der Waals surface area contributed by atoms with Gasteiger partial charge in [-0.15, -0.1) is 10.2 Å². The van der Waals surface area contributed by atoms with E-state index in [1.165, 1.54) is 28.2 Å². The largest absolute Gasteiger partial charge is 0.295 e. The molecular weight excluding hydrogens is 302 g/mol. The topological polar surface area (TPSA) is 89.8 Å². The normalized spacial score (nSPS) is 10.9. The number of nitrogens with one attached hydrogen (secondary N) is 1. The Morgan fingerprint density at radius 3 is 2.82 bits per heavy atom. The van der Waals surface area contributed by atoms with Crippen molar-refractivity contribution in [2.24, 2.45) is 5.92 Å². The van der Waals surface area contributed by atoms with Crippen LogP contribution in [0.5, 0.6) is 0 Å². The lowest BCUT2D eigenvalue weighted by atomic mass is 10.1. The van der Waals surface area contributed by atoms with Gasteiger partial charge in [-0.25, -0.2) is 4.68 Å². The van der Waals surface area contributed by atoms with Crippen LogP contribution in [0.1, 0.15) is 42.7 Å². The maximum Gasteiger partial charge on any atom is 0.277 e. The minimum absolute atomic E-state index is 0.189. The van der Waals surface area contributed by atoms with Gasteiger partial charge in [0.2, 0.25) is 5.13 Å². The summed E-state index contributed by atoms with van der Waals surface area (Å²) in [5.41, 5.74) is -0.0257. The van der Waals surface area contributed by atoms with E-state index in [0.717, 1.165) is 17.8 Å². The van der Waals surface area contributed by atoms with Gasteiger partial charge < -0.3 is 0 Å². The first-order chi connectivity index (χ1) is 10.5. The van der Waals surface area contributed by atoms with E-state index in [-0.39, 0.29) is 11.3 Å². The van der Waals surface area contributed by atoms with Gasteiger partial charge in [-0.2, -0.15) is 5.10 Å². The zero-order chi connectivity index (χ0) is 16.1. The summed E-state index contributed by atoms with van der Waals surface area (Å²) < 4.78 is 1.29. The molecule has 2 rings (SSSR count). The average Bonchev–Trinajstić information content (AvgIpc) is 2.87. The standard InChI is InChI=1S/C14H19N5O2S/c1-4-7-19-12(20)6-5-10(18-19)13(21)15-14-17-16-11(22-14)8-9(2)3/h5-6,9H,4,7-8H2,1-3H3,(H,15,17,21). The van der Waals surface area contributed by atoms with Gasteiger partial charge in [0.1, 0.15) is 10.7 Å². The maximum atomic E-state index is 12.2. The van der Waals surface area contributed by atoms with Crippen LogP contribution >= 0.6 is 11.3 Å². The Balaban J connectivity index is 2.10. The summed E-state index contributed by atoms with van der Waals surface area (Å²) in [5, 5.41) is 16.0. The van der Waals surface area contributed by atoms with E-state index in [4.69, 9.17) is 0 Å². The molecule has 2 heterocycles. The van der Waals surface area contributed by atoms with Crippen LogP contribution in [-0.2, 0) is 13.0 Å². The number of aromatic nitrogens is 4. The first kappa shape index (κ1) is 16.3. The molecule has 1 N–H and O–H groups in total. The van der Waals surface area contributed by atoms with Crippen LogP contribution in [0.3, 0.4) is 0 Å². The van der Waals surface area contributed by atoms with Gasteiger partial charge in [0.15, 0.2) is 0 Å². The fraction of sp³-hybridized carbons (Fsp3) is 0.500. The second-order valence-corrected chi connectivity index (χ2v) is 6.40. The SMILES string of the molecule is CCCn1nc(C(=O)Nc2nnc(CC(C)C)s2)ccc1=O. The van der Waals surface area contributed by atoms with Crippen molar-refractivity contribution in [1.82, 2.24) is 20.0 Å². The molecule has 0 aliphatic carbocycles. The highest BCUT2D eigenvalue weighted by Gasteiger charge is 2.13. The Morgan fingerprint density at radius 1 is 1.36 bits per heavy atom. The van der Waals surface area contributed by atoms with E-state index < -0.39 is 5.91 Å². The molecule has 0 bridgehead atoms. The van der Waals surface area contributed by atoms with Crippen molar-refractivity contribution in [2.45, 2.75) is 40.2 Å². The number of nitrogens with zero attached hydrogens (tertiary/aromatic N) is 4. The smallest absolute Gasteiger partial charge is 0.277 e. The van der Waals surface area contributed by atoms with Crippen LogP contribution in [0.4, 0.5) is 5.13 Å². The van der Waals surface area contributed by atoms with Crippen LogP contribution in [0.25, 0.3) is 0 Å². The van der Waals surface area contributed by atoms with Crippen LogP contribution < -0.4 is 10.9 Å². The van der Waals surface area contributed by atoms with Crippen molar-refractivity contribution in [3.63, 3.8) is 0 Å². The fourth-order valence-electron chi connectivity index (χ4n) is 1.84. The predicted octanol–water partition coefficient (Wildman–Crippen LogP) is 1.96. The zero-order valence-electron chi connectivity index (χ0n) is 12.9. The third-order valence-electron chi connectivity index (χ3n) is 2.80. The second-order valence-electron chi connectivity index (χ2n) is 5.33. The summed E-state index contributed by atoms with van der Waals surface area (Å²) in [6.45, 7) is 6.62. The van der Waals surface area contributed by atoms with E-state index in [2.05, 4.69) is 34.5 Å². The van der Waals surface area contributed by atoms with Gasteiger partial charge in [-0.1, -0.05) is 32.1 Å². The molecule has 0 saturated carbocycles. The van der Waals surface area contributed by atoms with Crippen molar-refractivity contribution in [3.05, 3.63) is 33.2 Å². The van der Waals surface area contributed by atoms with Crippen molar-refractivity contribution < 1.29 is 4.79 Å². The molecule has 0 atom stereocenters. The van der Waals surface area contributed by atoms with Crippen LogP contribution in [0.15, 0.2) is 16.9 Å². The molecule has 2 aromatic rings. The Labute approximate surface area is 132 Å². The van der Waals surface area contributed by atoms with Gasteiger partial charge in [0, 0.05) is 19.0 Å². The molecule has 0 aromatic carbocycles. The summed E-state index contributed by atoms with van der Waals surface area (Å²) in [5.74, 6) is 0.0906. The van der Waals surface area contributed by atoms with Gasteiger partial charge in [-0.05, 0) is 18.4 Å². The van der Waals surface area contributed by atoms with Gasteiger partial charge in [0.25, 0.3) is 11.5 Å². The highest BCUT2D eigenvalue weighted by atomic mass is 32.1.